The molecule has 0 bridgehead atoms. The Morgan fingerprint density at radius 1 is 1.00 bits per heavy atom. The first kappa shape index (κ1) is 13.7. The molecular weight excluding hydrogens is 258 g/mol. The van der Waals surface area contributed by atoms with Crippen LogP contribution in [0.2, 0.25) is 0 Å². The summed E-state index contributed by atoms with van der Waals surface area (Å²) in [5.41, 5.74) is 11.8. The predicted molar refractivity (Wildman–Crippen MR) is 88.9 cm³/mol. The Labute approximate surface area is 125 Å². The first-order valence-electron chi connectivity index (χ1n) is 7.22. The molecular formula is C18H21N3. The van der Waals surface area contributed by atoms with Crippen molar-refractivity contribution in [1.82, 2.24) is 9.55 Å². The van der Waals surface area contributed by atoms with Crippen molar-refractivity contribution in [1.29, 1.82) is 0 Å². The average Bonchev–Trinajstić information content (AvgIpc) is 2.73. The predicted octanol–water partition coefficient (Wildman–Crippen LogP) is 4.21. The number of anilines is 1. The molecule has 21 heavy (non-hydrogen) atoms. The highest BCUT2D eigenvalue weighted by molar-refractivity contribution is 5.81. The van der Waals surface area contributed by atoms with E-state index < -0.39 is 0 Å². The van der Waals surface area contributed by atoms with Gasteiger partial charge >= 0.3 is 0 Å². The highest BCUT2D eigenvalue weighted by Crippen LogP contribution is 2.27. The second-order valence-electron chi connectivity index (χ2n) is 6.59. The van der Waals surface area contributed by atoms with Crippen molar-refractivity contribution in [3.63, 3.8) is 0 Å². The van der Waals surface area contributed by atoms with E-state index in [1.165, 1.54) is 11.1 Å². The van der Waals surface area contributed by atoms with E-state index in [1.807, 2.05) is 4.57 Å². The van der Waals surface area contributed by atoms with Gasteiger partial charge in [0.1, 0.15) is 0 Å². The van der Waals surface area contributed by atoms with Crippen LogP contribution in [0.5, 0.6) is 0 Å². The molecule has 108 valence electrons. The molecule has 2 N–H and O–H groups in total. The molecule has 3 heteroatoms. The van der Waals surface area contributed by atoms with E-state index in [2.05, 4.69) is 75.1 Å². The Bertz CT molecular complexity index is 790. The summed E-state index contributed by atoms with van der Waals surface area (Å²) in [7, 11) is 0. The Morgan fingerprint density at radius 3 is 2.29 bits per heavy atom. The molecule has 3 nitrogen and oxygen atoms in total. The van der Waals surface area contributed by atoms with E-state index in [0.29, 0.717) is 5.95 Å². The quantitative estimate of drug-likeness (QED) is 0.725. The summed E-state index contributed by atoms with van der Waals surface area (Å²) in [6.45, 7) is 8.70. The maximum absolute atomic E-state index is 6.11. The fourth-order valence-electron chi connectivity index (χ4n) is 2.59. The number of nitrogens with zero attached hydrogens (tertiary/aromatic N) is 2. The lowest BCUT2D eigenvalue weighted by Crippen LogP contribution is -2.11. The zero-order chi connectivity index (χ0) is 15.2. The smallest absolute Gasteiger partial charge is 0.205 e. The van der Waals surface area contributed by atoms with Crippen LogP contribution >= 0.6 is 0 Å². The van der Waals surface area contributed by atoms with Gasteiger partial charge in [-0.2, -0.15) is 0 Å². The number of hydrogen-bond acceptors (Lipinski definition) is 2. The van der Waals surface area contributed by atoms with E-state index in [0.717, 1.165) is 16.7 Å². The number of rotatable bonds is 1. The number of nitrogen functional groups attached to an aromatic ring is 1. The van der Waals surface area contributed by atoms with Crippen LogP contribution in [-0.2, 0) is 5.41 Å². The molecule has 0 aliphatic heterocycles. The SMILES string of the molecule is Cc1ccc2c(c1)nc(N)n2-c1ccc(C(C)(C)C)cc1. The molecule has 0 fully saturated rings. The van der Waals surface area contributed by atoms with Gasteiger partial charge in [0.05, 0.1) is 11.0 Å². The van der Waals surface area contributed by atoms with Gasteiger partial charge in [0, 0.05) is 5.69 Å². The van der Waals surface area contributed by atoms with Gasteiger partial charge in [-0.1, -0.05) is 39.0 Å². The van der Waals surface area contributed by atoms with Crippen LogP contribution in [0.1, 0.15) is 31.9 Å². The highest BCUT2D eigenvalue weighted by atomic mass is 15.2. The third kappa shape index (κ3) is 2.40. The molecule has 0 saturated carbocycles. The maximum atomic E-state index is 6.11. The standard InChI is InChI=1S/C18H21N3/c1-12-5-10-16-15(11-12)20-17(19)21(16)14-8-6-13(7-9-14)18(2,3)4/h5-11H,1-4H3,(H2,19,20). The Hall–Kier alpha value is -2.29. The van der Waals surface area contributed by atoms with Crippen LogP contribution in [0, 0.1) is 6.92 Å². The van der Waals surface area contributed by atoms with Gasteiger partial charge in [-0.05, 0) is 47.7 Å². The molecule has 0 saturated heterocycles. The van der Waals surface area contributed by atoms with Crippen LogP contribution in [0.15, 0.2) is 42.5 Å². The average molecular weight is 279 g/mol. The molecule has 3 aromatic rings. The molecule has 0 radical (unpaired) electrons. The fourth-order valence-corrected chi connectivity index (χ4v) is 2.59. The molecule has 0 aliphatic rings. The summed E-state index contributed by atoms with van der Waals surface area (Å²) in [5, 5.41) is 0. The normalized spacial score (nSPS) is 12.0. The number of fused-ring (bicyclic) bond motifs is 1. The van der Waals surface area contributed by atoms with E-state index in [-0.39, 0.29) is 5.41 Å². The first-order chi connectivity index (χ1) is 9.86. The van der Waals surface area contributed by atoms with Crippen molar-refractivity contribution < 1.29 is 0 Å². The monoisotopic (exact) mass is 279 g/mol. The van der Waals surface area contributed by atoms with Crippen molar-refractivity contribution >= 4 is 17.0 Å². The third-order valence-corrected chi connectivity index (χ3v) is 3.83. The van der Waals surface area contributed by atoms with Gasteiger partial charge in [0.2, 0.25) is 5.95 Å². The van der Waals surface area contributed by atoms with Crippen LogP contribution in [0.4, 0.5) is 5.95 Å². The largest absolute Gasteiger partial charge is 0.369 e. The molecule has 3 rings (SSSR count). The minimum Gasteiger partial charge on any atom is -0.369 e. The lowest BCUT2D eigenvalue weighted by atomic mass is 9.87. The molecule has 0 unspecified atom stereocenters. The molecule has 0 amide bonds. The number of nitrogens with two attached hydrogens (primary N) is 1. The molecule has 0 aliphatic carbocycles. The van der Waals surface area contributed by atoms with E-state index in [1.54, 1.807) is 0 Å². The summed E-state index contributed by atoms with van der Waals surface area (Å²) in [6.07, 6.45) is 0. The summed E-state index contributed by atoms with van der Waals surface area (Å²) in [6, 6.07) is 14.8. The summed E-state index contributed by atoms with van der Waals surface area (Å²) in [5.74, 6) is 0.527. The highest BCUT2D eigenvalue weighted by Gasteiger charge is 2.14. The van der Waals surface area contributed by atoms with E-state index in [4.69, 9.17) is 5.73 Å². The summed E-state index contributed by atoms with van der Waals surface area (Å²) < 4.78 is 2.00. The molecule has 1 heterocycles. The van der Waals surface area contributed by atoms with Gasteiger partial charge in [-0.15, -0.1) is 0 Å². The van der Waals surface area contributed by atoms with Crippen molar-refractivity contribution in [2.75, 3.05) is 5.73 Å². The van der Waals surface area contributed by atoms with Crippen molar-refractivity contribution in [2.24, 2.45) is 0 Å². The van der Waals surface area contributed by atoms with Gasteiger partial charge in [-0.25, -0.2) is 4.98 Å². The fraction of sp³-hybridized carbons (Fsp3) is 0.278. The van der Waals surface area contributed by atoms with Gasteiger partial charge in [0.15, 0.2) is 0 Å². The molecule has 0 spiro atoms. The second-order valence-corrected chi connectivity index (χ2v) is 6.59. The second kappa shape index (κ2) is 4.62. The van der Waals surface area contributed by atoms with Crippen molar-refractivity contribution in [2.45, 2.75) is 33.1 Å². The third-order valence-electron chi connectivity index (χ3n) is 3.83. The molecule has 1 aromatic heterocycles. The zero-order valence-electron chi connectivity index (χ0n) is 13.0. The minimum atomic E-state index is 0.151. The van der Waals surface area contributed by atoms with Crippen molar-refractivity contribution in [3.8, 4) is 5.69 Å². The number of benzene rings is 2. The Kier molecular flexibility index (Phi) is 3.01. The Balaban J connectivity index is 2.14. The summed E-state index contributed by atoms with van der Waals surface area (Å²) >= 11 is 0. The molecule has 2 aromatic carbocycles. The minimum absolute atomic E-state index is 0.151. The van der Waals surface area contributed by atoms with Crippen LogP contribution in [-0.4, -0.2) is 9.55 Å². The van der Waals surface area contributed by atoms with Crippen LogP contribution in [0.25, 0.3) is 16.7 Å². The zero-order valence-corrected chi connectivity index (χ0v) is 13.0. The lowest BCUT2D eigenvalue weighted by Gasteiger charge is -2.19. The number of aromatic nitrogens is 2. The van der Waals surface area contributed by atoms with Gasteiger partial charge in [0.25, 0.3) is 0 Å². The lowest BCUT2D eigenvalue weighted by molar-refractivity contribution is 0.590. The van der Waals surface area contributed by atoms with Gasteiger partial charge < -0.3 is 5.73 Å². The number of imidazole rings is 1. The van der Waals surface area contributed by atoms with E-state index >= 15 is 0 Å². The maximum Gasteiger partial charge on any atom is 0.205 e. The van der Waals surface area contributed by atoms with Crippen LogP contribution in [0.3, 0.4) is 0 Å². The van der Waals surface area contributed by atoms with Crippen molar-refractivity contribution in [3.05, 3.63) is 53.6 Å². The van der Waals surface area contributed by atoms with Crippen LogP contribution < -0.4 is 5.73 Å². The topological polar surface area (TPSA) is 43.8 Å². The summed E-state index contributed by atoms with van der Waals surface area (Å²) in [4.78, 5) is 4.46. The van der Waals surface area contributed by atoms with Gasteiger partial charge in [-0.3, -0.25) is 4.57 Å². The molecule has 0 atom stereocenters. The first-order valence-corrected chi connectivity index (χ1v) is 7.22. The number of aryl methyl sites for hydroxylation is 1. The number of hydrogen-bond donors (Lipinski definition) is 1. The van der Waals surface area contributed by atoms with E-state index in [9.17, 15) is 0 Å². The Morgan fingerprint density at radius 2 is 1.67 bits per heavy atom.